The average Bonchev–Trinajstić information content (AvgIpc) is 1.97. The van der Waals surface area contributed by atoms with Crippen molar-refractivity contribution in [1.29, 1.82) is 0 Å². The van der Waals surface area contributed by atoms with Crippen molar-refractivity contribution in [3.8, 4) is 0 Å². The van der Waals surface area contributed by atoms with E-state index in [1.165, 1.54) is 12.8 Å². The molecule has 0 aliphatic heterocycles. The second-order valence-electron chi connectivity index (χ2n) is 3.14. The number of unbranched alkanes of at least 4 members (excludes halogenated alkanes) is 1. The highest BCUT2D eigenvalue weighted by Crippen LogP contribution is 2.16. The van der Waals surface area contributed by atoms with E-state index in [2.05, 4.69) is 13.8 Å². The van der Waals surface area contributed by atoms with Crippen LogP contribution >= 0.6 is 11.6 Å². The van der Waals surface area contributed by atoms with Crippen LogP contribution in [-0.4, -0.2) is 19.1 Å². The summed E-state index contributed by atoms with van der Waals surface area (Å²) in [6.45, 7) is 5.14. The van der Waals surface area contributed by atoms with Gasteiger partial charge in [0.15, 0.2) is 0 Å². The quantitative estimate of drug-likeness (QED) is 0.449. The van der Waals surface area contributed by atoms with Crippen LogP contribution in [0.3, 0.4) is 0 Å². The molecule has 0 aliphatic rings. The first-order valence-electron chi connectivity index (χ1n) is 4.31. The van der Waals surface area contributed by atoms with Crippen molar-refractivity contribution in [2.24, 2.45) is 5.92 Å². The summed E-state index contributed by atoms with van der Waals surface area (Å²) in [6.07, 6.45) is 3.60. The van der Waals surface area contributed by atoms with E-state index in [0.29, 0.717) is 11.3 Å². The standard InChI is InChI=1S/C9H19ClO/c1-8(9(2)10)6-4-5-7-11-3/h8-9H,4-7H2,1-3H3. The van der Waals surface area contributed by atoms with Crippen molar-refractivity contribution in [3.05, 3.63) is 0 Å². The summed E-state index contributed by atoms with van der Waals surface area (Å²) in [5.74, 6) is 0.633. The van der Waals surface area contributed by atoms with Crippen LogP contribution in [0.15, 0.2) is 0 Å². The Bertz CT molecular complexity index is 83.6. The van der Waals surface area contributed by atoms with E-state index in [0.717, 1.165) is 13.0 Å². The van der Waals surface area contributed by atoms with Crippen LogP contribution in [-0.2, 0) is 4.74 Å². The van der Waals surface area contributed by atoms with E-state index in [9.17, 15) is 0 Å². The molecule has 0 aromatic carbocycles. The molecule has 0 radical (unpaired) electrons. The van der Waals surface area contributed by atoms with Crippen LogP contribution in [0.2, 0.25) is 0 Å². The first-order chi connectivity index (χ1) is 5.18. The molecular weight excluding hydrogens is 160 g/mol. The third kappa shape index (κ3) is 6.64. The molecule has 2 heteroatoms. The zero-order chi connectivity index (χ0) is 8.69. The number of alkyl halides is 1. The van der Waals surface area contributed by atoms with Gasteiger partial charge in [-0.3, -0.25) is 0 Å². The first kappa shape index (κ1) is 11.2. The van der Waals surface area contributed by atoms with Gasteiger partial charge in [-0.1, -0.05) is 13.3 Å². The molecule has 68 valence electrons. The monoisotopic (exact) mass is 178 g/mol. The average molecular weight is 179 g/mol. The third-order valence-corrected chi connectivity index (χ3v) is 2.47. The minimum Gasteiger partial charge on any atom is -0.385 e. The summed E-state index contributed by atoms with van der Waals surface area (Å²) in [4.78, 5) is 0. The lowest BCUT2D eigenvalue weighted by Gasteiger charge is -2.12. The molecule has 0 heterocycles. The van der Waals surface area contributed by atoms with Crippen molar-refractivity contribution < 1.29 is 4.74 Å². The Hall–Kier alpha value is 0.250. The van der Waals surface area contributed by atoms with Gasteiger partial charge in [-0.15, -0.1) is 11.6 Å². The Morgan fingerprint density at radius 2 is 1.91 bits per heavy atom. The van der Waals surface area contributed by atoms with Gasteiger partial charge in [-0.05, 0) is 25.7 Å². The van der Waals surface area contributed by atoms with E-state index in [1.807, 2.05) is 0 Å². The summed E-state index contributed by atoms with van der Waals surface area (Å²) >= 11 is 5.91. The molecule has 0 aromatic rings. The summed E-state index contributed by atoms with van der Waals surface area (Å²) < 4.78 is 4.95. The van der Waals surface area contributed by atoms with Crippen LogP contribution in [0.1, 0.15) is 33.1 Å². The predicted molar refractivity (Wildman–Crippen MR) is 50.2 cm³/mol. The molecule has 0 rings (SSSR count). The fourth-order valence-corrected chi connectivity index (χ4v) is 1.07. The molecule has 0 bridgehead atoms. The third-order valence-electron chi connectivity index (χ3n) is 2.04. The van der Waals surface area contributed by atoms with Crippen molar-refractivity contribution in [2.45, 2.75) is 38.5 Å². The lowest BCUT2D eigenvalue weighted by Crippen LogP contribution is -2.06. The molecule has 0 aromatic heterocycles. The fraction of sp³-hybridized carbons (Fsp3) is 1.00. The molecule has 0 saturated carbocycles. The van der Waals surface area contributed by atoms with Crippen LogP contribution in [0, 0.1) is 5.92 Å². The molecule has 0 amide bonds. The first-order valence-corrected chi connectivity index (χ1v) is 4.75. The van der Waals surface area contributed by atoms with Gasteiger partial charge in [-0.25, -0.2) is 0 Å². The zero-order valence-corrected chi connectivity index (χ0v) is 8.53. The maximum Gasteiger partial charge on any atom is 0.0462 e. The summed E-state index contributed by atoms with van der Waals surface area (Å²) in [7, 11) is 1.74. The minimum atomic E-state index is 0.303. The van der Waals surface area contributed by atoms with Gasteiger partial charge < -0.3 is 4.74 Å². The van der Waals surface area contributed by atoms with E-state index in [4.69, 9.17) is 16.3 Å². The molecule has 11 heavy (non-hydrogen) atoms. The normalized spacial score (nSPS) is 16.4. The molecule has 0 spiro atoms. The lowest BCUT2D eigenvalue weighted by atomic mass is 10.0. The maximum atomic E-state index is 5.91. The number of hydrogen-bond acceptors (Lipinski definition) is 1. The zero-order valence-electron chi connectivity index (χ0n) is 7.77. The van der Waals surface area contributed by atoms with Crippen LogP contribution in [0.4, 0.5) is 0 Å². The van der Waals surface area contributed by atoms with Crippen molar-refractivity contribution in [2.75, 3.05) is 13.7 Å². The number of rotatable bonds is 6. The van der Waals surface area contributed by atoms with E-state index in [1.54, 1.807) is 7.11 Å². The molecule has 0 fully saturated rings. The Morgan fingerprint density at radius 1 is 1.27 bits per heavy atom. The SMILES string of the molecule is COCCCCC(C)C(C)Cl. The molecule has 0 N–H and O–H groups in total. The molecule has 2 atom stereocenters. The van der Waals surface area contributed by atoms with E-state index in [-0.39, 0.29) is 0 Å². The van der Waals surface area contributed by atoms with Gasteiger partial charge in [0.1, 0.15) is 0 Å². The number of hydrogen-bond donors (Lipinski definition) is 0. The Kier molecular flexibility index (Phi) is 7.09. The van der Waals surface area contributed by atoms with Gasteiger partial charge in [0, 0.05) is 19.1 Å². The van der Waals surface area contributed by atoms with E-state index >= 15 is 0 Å². The van der Waals surface area contributed by atoms with Crippen LogP contribution < -0.4 is 0 Å². The minimum absolute atomic E-state index is 0.303. The maximum absolute atomic E-state index is 5.91. The summed E-state index contributed by atoms with van der Waals surface area (Å²) in [6, 6.07) is 0. The smallest absolute Gasteiger partial charge is 0.0462 e. The van der Waals surface area contributed by atoms with Gasteiger partial charge in [0.25, 0.3) is 0 Å². The van der Waals surface area contributed by atoms with Gasteiger partial charge in [0.2, 0.25) is 0 Å². The summed E-state index contributed by atoms with van der Waals surface area (Å²) in [5.41, 5.74) is 0. The topological polar surface area (TPSA) is 9.23 Å². The largest absolute Gasteiger partial charge is 0.385 e. The highest BCUT2D eigenvalue weighted by Gasteiger charge is 2.07. The number of ether oxygens (including phenoxy) is 1. The molecular formula is C9H19ClO. The second-order valence-corrected chi connectivity index (χ2v) is 3.83. The van der Waals surface area contributed by atoms with Gasteiger partial charge in [0.05, 0.1) is 0 Å². The molecule has 2 unspecified atom stereocenters. The number of methoxy groups -OCH3 is 1. The Labute approximate surface area is 75.1 Å². The number of halogens is 1. The van der Waals surface area contributed by atoms with Gasteiger partial charge >= 0.3 is 0 Å². The highest BCUT2D eigenvalue weighted by atomic mass is 35.5. The molecule has 0 aliphatic carbocycles. The highest BCUT2D eigenvalue weighted by molar-refractivity contribution is 6.20. The molecule has 1 nitrogen and oxygen atoms in total. The lowest BCUT2D eigenvalue weighted by molar-refractivity contribution is 0.190. The van der Waals surface area contributed by atoms with Crippen LogP contribution in [0.25, 0.3) is 0 Å². The molecule has 0 saturated heterocycles. The Balaban J connectivity index is 3.10. The van der Waals surface area contributed by atoms with Crippen LogP contribution in [0.5, 0.6) is 0 Å². The second kappa shape index (κ2) is 6.93. The van der Waals surface area contributed by atoms with Crippen molar-refractivity contribution in [3.63, 3.8) is 0 Å². The van der Waals surface area contributed by atoms with E-state index < -0.39 is 0 Å². The summed E-state index contributed by atoms with van der Waals surface area (Å²) in [5, 5.41) is 0.303. The van der Waals surface area contributed by atoms with Gasteiger partial charge in [-0.2, -0.15) is 0 Å². The Morgan fingerprint density at radius 3 is 2.36 bits per heavy atom. The fourth-order valence-electron chi connectivity index (χ4n) is 0.942. The van der Waals surface area contributed by atoms with Crippen molar-refractivity contribution >= 4 is 11.6 Å². The predicted octanol–water partition coefficient (Wildman–Crippen LogP) is 3.07. The van der Waals surface area contributed by atoms with Crippen molar-refractivity contribution in [1.82, 2.24) is 0 Å².